The molecular weight excluding hydrogens is 441 g/mol. The largest absolute Gasteiger partial charge is 0.457 e. The van der Waals surface area contributed by atoms with Crippen LogP contribution in [0.2, 0.25) is 0 Å². The summed E-state index contributed by atoms with van der Waals surface area (Å²) >= 11 is 0. The molecule has 0 fully saturated rings. The third-order valence-corrected chi connectivity index (χ3v) is 4.73. The van der Waals surface area contributed by atoms with Crippen LogP contribution in [0.15, 0.2) is 54.6 Å². The van der Waals surface area contributed by atoms with Crippen LogP contribution in [0, 0.1) is 11.3 Å². The Balaban J connectivity index is 1.94. The Kier molecular flexibility index (Phi) is 7.30. The van der Waals surface area contributed by atoms with E-state index in [1.165, 1.54) is 42.5 Å². The lowest BCUT2D eigenvalue weighted by molar-refractivity contribution is -0.138. The molecule has 0 spiro atoms. The number of ether oxygens (including phenoxy) is 1. The van der Waals surface area contributed by atoms with Crippen LogP contribution in [0.3, 0.4) is 0 Å². The van der Waals surface area contributed by atoms with Gasteiger partial charge in [-0.2, -0.15) is 18.4 Å². The number of benzene rings is 2. The summed E-state index contributed by atoms with van der Waals surface area (Å²) in [7, 11) is 0. The van der Waals surface area contributed by atoms with Crippen molar-refractivity contribution >= 4 is 0 Å². The summed E-state index contributed by atoms with van der Waals surface area (Å²) in [6.45, 7) is -1.18. The van der Waals surface area contributed by atoms with E-state index in [0.717, 1.165) is 6.07 Å². The molecule has 2 aromatic carbocycles. The monoisotopic (exact) mass is 460 g/mol. The van der Waals surface area contributed by atoms with Gasteiger partial charge in [0.05, 0.1) is 41.8 Å². The minimum Gasteiger partial charge on any atom is -0.457 e. The standard InChI is InChI=1S/C23H19F3N2O5/c24-23(25,26)17-7-13(10-27)1-6-22(17)33-16-4-2-14(3-5-16)18-8-15(20(31)11-29)9-19(28-18)21(32)12-30/h1-9,20-21,29-32H,11-12H2. The molecule has 0 aliphatic rings. The maximum Gasteiger partial charge on any atom is 0.420 e. The average Bonchev–Trinajstić information content (AvgIpc) is 2.82. The molecule has 4 N–H and O–H groups in total. The zero-order valence-electron chi connectivity index (χ0n) is 17.0. The number of hydrogen-bond acceptors (Lipinski definition) is 7. The number of aliphatic hydroxyl groups excluding tert-OH is 4. The quantitative estimate of drug-likeness (QED) is 0.425. The van der Waals surface area contributed by atoms with Crippen molar-refractivity contribution in [3.8, 4) is 28.8 Å². The summed E-state index contributed by atoms with van der Waals surface area (Å²) in [6, 6.07) is 13.3. The van der Waals surface area contributed by atoms with Gasteiger partial charge in [0.15, 0.2) is 0 Å². The van der Waals surface area contributed by atoms with Crippen molar-refractivity contribution in [2.45, 2.75) is 18.4 Å². The minimum atomic E-state index is -4.72. The Bertz CT molecular complexity index is 1130. The lowest BCUT2D eigenvalue weighted by Gasteiger charge is -2.16. The first-order valence-electron chi connectivity index (χ1n) is 9.65. The van der Waals surface area contributed by atoms with Crippen LogP contribution in [-0.4, -0.2) is 38.6 Å². The highest BCUT2D eigenvalue weighted by atomic mass is 19.4. The Hall–Kier alpha value is -3.49. The van der Waals surface area contributed by atoms with E-state index >= 15 is 0 Å². The molecule has 7 nitrogen and oxygen atoms in total. The molecule has 0 saturated carbocycles. The fourth-order valence-electron chi connectivity index (χ4n) is 3.01. The molecule has 33 heavy (non-hydrogen) atoms. The number of pyridine rings is 1. The maximum absolute atomic E-state index is 13.3. The highest BCUT2D eigenvalue weighted by molar-refractivity contribution is 5.62. The number of nitriles is 1. The summed E-state index contributed by atoms with van der Waals surface area (Å²) in [5, 5.41) is 47.2. The highest BCUT2D eigenvalue weighted by Crippen LogP contribution is 2.39. The summed E-state index contributed by atoms with van der Waals surface area (Å²) < 4.78 is 45.4. The van der Waals surface area contributed by atoms with E-state index in [1.807, 2.05) is 0 Å². The highest BCUT2D eigenvalue weighted by Gasteiger charge is 2.35. The van der Waals surface area contributed by atoms with Crippen molar-refractivity contribution < 1.29 is 38.3 Å². The molecular formula is C23H19F3N2O5. The topological polar surface area (TPSA) is 127 Å². The number of hydrogen-bond donors (Lipinski definition) is 4. The Labute approximate surface area is 186 Å². The zero-order chi connectivity index (χ0) is 24.2. The van der Waals surface area contributed by atoms with Crippen molar-refractivity contribution in [3.05, 3.63) is 77.0 Å². The normalized spacial score (nSPS) is 13.3. The summed E-state index contributed by atoms with van der Waals surface area (Å²) in [4.78, 5) is 4.25. The number of nitrogens with zero attached hydrogens (tertiary/aromatic N) is 2. The molecule has 0 aliphatic heterocycles. The van der Waals surface area contributed by atoms with Gasteiger partial charge in [-0.15, -0.1) is 0 Å². The molecule has 2 unspecified atom stereocenters. The van der Waals surface area contributed by atoms with E-state index < -0.39 is 42.9 Å². The van der Waals surface area contributed by atoms with Gasteiger partial charge in [-0.3, -0.25) is 0 Å². The van der Waals surface area contributed by atoms with E-state index in [1.54, 1.807) is 6.07 Å². The third-order valence-electron chi connectivity index (χ3n) is 4.73. The lowest BCUT2D eigenvalue weighted by atomic mass is 10.0. The number of aromatic nitrogens is 1. The van der Waals surface area contributed by atoms with Gasteiger partial charge in [-0.1, -0.05) is 0 Å². The molecule has 0 saturated heterocycles. The molecule has 0 amide bonds. The number of alkyl halides is 3. The number of halogens is 3. The van der Waals surface area contributed by atoms with Gasteiger partial charge >= 0.3 is 6.18 Å². The molecule has 10 heteroatoms. The predicted octanol–water partition coefficient (Wildman–Crippen LogP) is 3.48. The lowest BCUT2D eigenvalue weighted by Crippen LogP contribution is -2.10. The van der Waals surface area contributed by atoms with Crippen LogP contribution in [0.25, 0.3) is 11.3 Å². The second-order valence-corrected chi connectivity index (χ2v) is 7.05. The van der Waals surface area contributed by atoms with Gasteiger partial charge in [0, 0.05) is 5.56 Å². The van der Waals surface area contributed by atoms with E-state index in [4.69, 9.17) is 10.00 Å². The van der Waals surface area contributed by atoms with Crippen molar-refractivity contribution in [1.82, 2.24) is 4.98 Å². The molecule has 1 heterocycles. The summed E-state index contributed by atoms with van der Waals surface area (Å²) in [5.41, 5.74) is -0.120. The number of aliphatic hydroxyl groups is 4. The fourth-order valence-corrected chi connectivity index (χ4v) is 3.01. The molecule has 0 aliphatic carbocycles. The molecule has 2 atom stereocenters. The van der Waals surface area contributed by atoms with E-state index in [0.29, 0.717) is 17.3 Å². The van der Waals surface area contributed by atoms with Crippen LogP contribution in [-0.2, 0) is 6.18 Å². The average molecular weight is 460 g/mol. The number of rotatable bonds is 7. The van der Waals surface area contributed by atoms with Crippen molar-refractivity contribution in [1.29, 1.82) is 5.26 Å². The molecule has 172 valence electrons. The van der Waals surface area contributed by atoms with Crippen LogP contribution >= 0.6 is 0 Å². The molecule has 0 bridgehead atoms. The Morgan fingerprint density at radius 2 is 1.61 bits per heavy atom. The van der Waals surface area contributed by atoms with Crippen molar-refractivity contribution in [3.63, 3.8) is 0 Å². The Morgan fingerprint density at radius 3 is 2.18 bits per heavy atom. The zero-order valence-corrected chi connectivity index (χ0v) is 17.0. The van der Waals surface area contributed by atoms with Gasteiger partial charge in [0.2, 0.25) is 0 Å². The summed E-state index contributed by atoms with van der Waals surface area (Å²) in [5.74, 6) is -0.370. The van der Waals surface area contributed by atoms with Crippen molar-refractivity contribution in [2.75, 3.05) is 13.2 Å². The van der Waals surface area contributed by atoms with Gasteiger partial charge in [0.25, 0.3) is 0 Å². The molecule has 3 aromatic rings. The first kappa shape index (κ1) is 24.2. The van der Waals surface area contributed by atoms with Gasteiger partial charge in [-0.05, 0) is 60.2 Å². The fraction of sp³-hybridized carbons (Fsp3) is 0.217. The van der Waals surface area contributed by atoms with E-state index in [-0.39, 0.29) is 22.6 Å². The van der Waals surface area contributed by atoms with E-state index in [2.05, 4.69) is 4.98 Å². The molecule has 3 rings (SSSR count). The van der Waals surface area contributed by atoms with Crippen LogP contribution < -0.4 is 4.74 Å². The van der Waals surface area contributed by atoms with Gasteiger partial charge < -0.3 is 25.2 Å². The second kappa shape index (κ2) is 9.97. The molecule has 1 aromatic heterocycles. The second-order valence-electron chi connectivity index (χ2n) is 7.05. The summed E-state index contributed by atoms with van der Waals surface area (Å²) in [6.07, 6.45) is -7.27. The van der Waals surface area contributed by atoms with Crippen LogP contribution in [0.5, 0.6) is 11.5 Å². The van der Waals surface area contributed by atoms with E-state index in [9.17, 15) is 33.6 Å². The van der Waals surface area contributed by atoms with Crippen molar-refractivity contribution in [2.24, 2.45) is 0 Å². The first-order chi connectivity index (χ1) is 15.7. The third kappa shape index (κ3) is 5.66. The minimum absolute atomic E-state index is 0.0743. The first-order valence-corrected chi connectivity index (χ1v) is 9.65. The maximum atomic E-state index is 13.3. The predicted molar refractivity (Wildman–Crippen MR) is 110 cm³/mol. The van der Waals surface area contributed by atoms with Gasteiger partial charge in [0.1, 0.15) is 23.7 Å². The van der Waals surface area contributed by atoms with Gasteiger partial charge in [-0.25, -0.2) is 4.98 Å². The van der Waals surface area contributed by atoms with Crippen LogP contribution in [0.4, 0.5) is 13.2 Å². The van der Waals surface area contributed by atoms with Crippen LogP contribution in [0.1, 0.15) is 34.6 Å². The smallest absolute Gasteiger partial charge is 0.420 e. The Morgan fingerprint density at radius 1 is 0.939 bits per heavy atom. The SMILES string of the molecule is N#Cc1ccc(Oc2ccc(-c3cc(C(O)CO)cc(C(O)CO)n3)cc2)c(C(F)(F)F)c1. The molecule has 0 radical (unpaired) electrons.